The first kappa shape index (κ1) is 21.0. The number of ketones is 1. The number of carbonyl (C=O) groups is 4. The van der Waals surface area contributed by atoms with E-state index in [9.17, 15) is 19.2 Å². The topological polar surface area (TPSA) is 105 Å². The average molecular weight is 409 g/mol. The summed E-state index contributed by atoms with van der Waals surface area (Å²) < 4.78 is 5.14. The van der Waals surface area contributed by atoms with E-state index in [1.165, 1.54) is 14.0 Å². The third-order valence-electron chi connectivity index (χ3n) is 5.17. The van der Waals surface area contributed by atoms with E-state index in [2.05, 4.69) is 10.6 Å². The highest BCUT2D eigenvalue weighted by Crippen LogP contribution is 2.33. The molecule has 8 nitrogen and oxygen atoms in total. The Morgan fingerprint density at radius 2 is 1.77 bits per heavy atom. The zero-order valence-corrected chi connectivity index (χ0v) is 17.0. The van der Waals surface area contributed by atoms with Crippen LogP contribution in [0.15, 0.2) is 48.5 Å². The Hall–Kier alpha value is -3.68. The van der Waals surface area contributed by atoms with Gasteiger partial charge in [0.2, 0.25) is 5.91 Å². The lowest BCUT2D eigenvalue weighted by Gasteiger charge is -2.26. The predicted molar refractivity (Wildman–Crippen MR) is 110 cm³/mol. The monoisotopic (exact) mass is 409 g/mol. The SMILES string of the molecule is CC[C@@]1(c2ccc(OC)cc2)NC(=O)N(CC(=O)Nc2ccccc2C(C)=O)C1=O. The van der Waals surface area contributed by atoms with Gasteiger partial charge in [-0.3, -0.25) is 19.3 Å². The van der Waals surface area contributed by atoms with Crippen LogP contribution >= 0.6 is 0 Å². The Kier molecular flexibility index (Phi) is 5.86. The number of nitrogens with zero attached hydrogens (tertiary/aromatic N) is 1. The maximum absolute atomic E-state index is 13.2. The minimum absolute atomic E-state index is 0.203. The molecule has 0 radical (unpaired) electrons. The summed E-state index contributed by atoms with van der Waals surface area (Å²) in [6.45, 7) is 2.72. The van der Waals surface area contributed by atoms with Crippen molar-refractivity contribution in [3.63, 3.8) is 0 Å². The van der Waals surface area contributed by atoms with Crippen molar-refractivity contribution in [3.05, 3.63) is 59.7 Å². The second-order valence-corrected chi connectivity index (χ2v) is 6.96. The first-order chi connectivity index (χ1) is 14.3. The molecule has 2 aromatic rings. The van der Waals surface area contributed by atoms with Gasteiger partial charge in [-0.05, 0) is 43.2 Å². The molecule has 1 saturated heterocycles. The van der Waals surface area contributed by atoms with E-state index in [0.29, 0.717) is 29.0 Å². The summed E-state index contributed by atoms with van der Waals surface area (Å²) in [5.74, 6) is -0.656. The quantitative estimate of drug-likeness (QED) is 0.540. The van der Waals surface area contributed by atoms with E-state index >= 15 is 0 Å². The zero-order chi connectivity index (χ0) is 21.9. The number of benzene rings is 2. The molecule has 0 aromatic heterocycles. The second kappa shape index (κ2) is 8.36. The average Bonchev–Trinajstić information content (AvgIpc) is 2.99. The number of amides is 4. The number of urea groups is 1. The number of ether oxygens (including phenoxy) is 1. The first-order valence-corrected chi connectivity index (χ1v) is 9.51. The number of para-hydroxylation sites is 1. The Balaban J connectivity index is 1.80. The maximum Gasteiger partial charge on any atom is 0.325 e. The number of hydrogen-bond donors (Lipinski definition) is 2. The lowest BCUT2D eigenvalue weighted by atomic mass is 9.87. The molecular formula is C22H23N3O5. The van der Waals surface area contributed by atoms with Crippen LogP contribution in [-0.4, -0.2) is 42.2 Å². The lowest BCUT2D eigenvalue weighted by molar-refractivity contribution is -0.134. The van der Waals surface area contributed by atoms with Crippen molar-refractivity contribution in [1.29, 1.82) is 0 Å². The highest BCUT2D eigenvalue weighted by Gasteiger charge is 2.51. The first-order valence-electron chi connectivity index (χ1n) is 9.51. The predicted octanol–water partition coefficient (Wildman–Crippen LogP) is 2.69. The molecule has 1 aliphatic rings. The number of carbonyl (C=O) groups excluding carboxylic acids is 4. The second-order valence-electron chi connectivity index (χ2n) is 6.96. The van der Waals surface area contributed by atoms with Gasteiger partial charge in [0, 0.05) is 5.56 Å². The van der Waals surface area contributed by atoms with Crippen LogP contribution in [0.2, 0.25) is 0 Å². The van der Waals surface area contributed by atoms with E-state index in [1.807, 2.05) is 0 Å². The number of rotatable bonds is 7. The van der Waals surface area contributed by atoms with Gasteiger partial charge in [-0.1, -0.05) is 31.2 Å². The molecule has 0 unspecified atom stereocenters. The van der Waals surface area contributed by atoms with Gasteiger partial charge in [-0.15, -0.1) is 0 Å². The molecule has 4 amide bonds. The van der Waals surface area contributed by atoms with Gasteiger partial charge in [-0.25, -0.2) is 4.79 Å². The summed E-state index contributed by atoms with van der Waals surface area (Å²) in [5, 5.41) is 5.34. The van der Waals surface area contributed by atoms with Crippen LogP contribution in [0.4, 0.5) is 10.5 Å². The fraction of sp³-hybridized carbons (Fsp3) is 0.273. The molecule has 1 heterocycles. The lowest BCUT2D eigenvalue weighted by Crippen LogP contribution is -2.44. The van der Waals surface area contributed by atoms with Gasteiger partial charge < -0.3 is 15.4 Å². The van der Waals surface area contributed by atoms with Gasteiger partial charge in [-0.2, -0.15) is 0 Å². The highest BCUT2D eigenvalue weighted by molar-refractivity contribution is 6.11. The Bertz CT molecular complexity index is 1000. The molecule has 0 aliphatic carbocycles. The molecule has 156 valence electrons. The van der Waals surface area contributed by atoms with E-state index in [0.717, 1.165) is 4.90 Å². The van der Waals surface area contributed by atoms with Gasteiger partial charge in [0.1, 0.15) is 17.8 Å². The molecule has 3 rings (SSSR count). The minimum Gasteiger partial charge on any atom is -0.497 e. The van der Waals surface area contributed by atoms with Crippen LogP contribution in [0.5, 0.6) is 5.75 Å². The summed E-state index contributed by atoms with van der Waals surface area (Å²) in [7, 11) is 1.54. The van der Waals surface area contributed by atoms with Gasteiger partial charge in [0.15, 0.2) is 5.78 Å². The van der Waals surface area contributed by atoms with Crippen molar-refractivity contribution >= 4 is 29.3 Å². The summed E-state index contributed by atoms with van der Waals surface area (Å²) in [6.07, 6.45) is 0.315. The van der Waals surface area contributed by atoms with Crippen molar-refractivity contribution in [2.24, 2.45) is 0 Å². The largest absolute Gasteiger partial charge is 0.497 e. The Morgan fingerprint density at radius 3 is 2.37 bits per heavy atom. The summed E-state index contributed by atoms with van der Waals surface area (Å²) in [4.78, 5) is 50.9. The van der Waals surface area contributed by atoms with Crippen LogP contribution in [-0.2, 0) is 15.1 Å². The van der Waals surface area contributed by atoms with Crippen LogP contribution in [0.1, 0.15) is 36.2 Å². The van der Waals surface area contributed by atoms with Crippen LogP contribution in [0.3, 0.4) is 0 Å². The molecule has 1 atom stereocenters. The van der Waals surface area contributed by atoms with E-state index in [4.69, 9.17) is 4.74 Å². The van der Waals surface area contributed by atoms with Crippen molar-refractivity contribution in [1.82, 2.24) is 10.2 Å². The number of methoxy groups -OCH3 is 1. The molecule has 2 aromatic carbocycles. The molecule has 8 heteroatoms. The minimum atomic E-state index is -1.25. The fourth-order valence-electron chi connectivity index (χ4n) is 3.52. The summed E-state index contributed by atoms with van der Waals surface area (Å²) >= 11 is 0. The summed E-state index contributed by atoms with van der Waals surface area (Å²) in [5.41, 5.74) is 0.0399. The molecule has 1 fully saturated rings. The molecule has 30 heavy (non-hydrogen) atoms. The van der Waals surface area contributed by atoms with Gasteiger partial charge in [0.05, 0.1) is 12.8 Å². The maximum atomic E-state index is 13.2. The Morgan fingerprint density at radius 1 is 1.10 bits per heavy atom. The standard InChI is InChI=1S/C22H23N3O5/c1-4-22(15-9-11-16(30-3)12-10-15)20(28)25(21(29)24-22)13-19(27)23-18-8-6-5-7-17(18)14(2)26/h5-12H,4,13H2,1-3H3,(H,23,27)(H,24,29)/t22-/m0/s1. The number of imide groups is 1. The number of anilines is 1. The molecular weight excluding hydrogens is 386 g/mol. The van der Waals surface area contributed by atoms with E-state index in [1.54, 1.807) is 55.5 Å². The third-order valence-corrected chi connectivity index (χ3v) is 5.17. The molecule has 1 aliphatic heterocycles. The van der Waals surface area contributed by atoms with Gasteiger partial charge in [0.25, 0.3) is 5.91 Å². The molecule has 0 bridgehead atoms. The van der Waals surface area contributed by atoms with Crippen molar-refractivity contribution in [2.45, 2.75) is 25.8 Å². The molecule has 0 spiro atoms. The fourth-order valence-corrected chi connectivity index (χ4v) is 3.52. The highest BCUT2D eigenvalue weighted by atomic mass is 16.5. The van der Waals surface area contributed by atoms with Crippen molar-refractivity contribution < 1.29 is 23.9 Å². The number of Topliss-reactive ketones (excluding diaryl/α,β-unsaturated/α-hetero) is 1. The van der Waals surface area contributed by atoms with E-state index in [-0.39, 0.29) is 5.78 Å². The molecule has 2 N–H and O–H groups in total. The van der Waals surface area contributed by atoms with Crippen molar-refractivity contribution in [2.75, 3.05) is 19.0 Å². The molecule has 0 saturated carbocycles. The van der Waals surface area contributed by atoms with E-state index < -0.39 is 29.9 Å². The van der Waals surface area contributed by atoms with Crippen molar-refractivity contribution in [3.8, 4) is 5.75 Å². The third kappa shape index (κ3) is 3.76. The smallest absolute Gasteiger partial charge is 0.325 e. The van der Waals surface area contributed by atoms with Gasteiger partial charge >= 0.3 is 6.03 Å². The Labute approximate surface area is 174 Å². The van der Waals surface area contributed by atoms with Crippen LogP contribution in [0.25, 0.3) is 0 Å². The number of hydrogen-bond acceptors (Lipinski definition) is 5. The zero-order valence-electron chi connectivity index (χ0n) is 17.0. The van der Waals surface area contributed by atoms with Crippen LogP contribution in [0, 0.1) is 0 Å². The van der Waals surface area contributed by atoms with Crippen LogP contribution < -0.4 is 15.4 Å². The summed E-state index contributed by atoms with van der Waals surface area (Å²) in [6, 6.07) is 12.8. The normalized spacial score (nSPS) is 18.2. The number of nitrogens with one attached hydrogen (secondary N) is 2.